The van der Waals surface area contributed by atoms with Gasteiger partial charge in [-0.05, 0) is 26.5 Å². The van der Waals surface area contributed by atoms with Crippen LogP contribution in [0.25, 0.3) is 0 Å². The standard InChI is InChI=1S/C15H21N3O/c1-11-7-12(2)9-13(8-11)14(16-3)10-18-6-5-17(4)15(18)19/h5-9,14,16H,10H2,1-4H3. The fourth-order valence-corrected chi connectivity index (χ4v) is 2.42. The summed E-state index contributed by atoms with van der Waals surface area (Å²) in [6.07, 6.45) is 3.62. The lowest BCUT2D eigenvalue weighted by molar-refractivity contribution is 0.487. The van der Waals surface area contributed by atoms with E-state index >= 15 is 0 Å². The number of aryl methyl sites for hydroxylation is 3. The van der Waals surface area contributed by atoms with Crippen molar-refractivity contribution >= 4 is 0 Å². The van der Waals surface area contributed by atoms with Gasteiger partial charge in [-0.15, -0.1) is 0 Å². The Morgan fingerprint density at radius 2 is 1.79 bits per heavy atom. The summed E-state index contributed by atoms with van der Waals surface area (Å²) in [5.74, 6) is 0. The Morgan fingerprint density at radius 1 is 1.16 bits per heavy atom. The first-order valence-electron chi connectivity index (χ1n) is 6.48. The Balaban J connectivity index is 2.30. The van der Waals surface area contributed by atoms with Gasteiger partial charge in [0.05, 0.1) is 6.04 Å². The average molecular weight is 259 g/mol. The smallest absolute Gasteiger partial charge is 0.312 e. The minimum absolute atomic E-state index is 0.0182. The lowest BCUT2D eigenvalue weighted by atomic mass is 10.0. The van der Waals surface area contributed by atoms with E-state index < -0.39 is 0 Å². The maximum atomic E-state index is 11.9. The van der Waals surface area contributed by atoms with E-state index in [1.807, 2.05) is 13.2 Å². The van der Waals surface area contributed by atoms with Gasteiger partial charge in [0.25, 0.3) is 0 Å². The van der Waals surface area contributed by atoms with Crippen LogP contribution in [0, 0.1) is 13.8 Å². The molecule has 0 aliphatic carbocycles. The van der Waals surface area contributed by atoms with Gasteiger partial charge >= 0.3 is 5.69 Å². The highest BCUT2D eigenvalue weighted by Gasteiger charge is 2.12. The zero-order chi connectivity index (χ0) is 14.0. The summed E-state index contributed by atoms with van der Waals surface area (Å²) in [6, 6.07) is 6.63. The molecule has 0 aliphatic heterocycles. The monoisotopic (exact) mass is 259 g/mol. The van der Waals surface area contributed by atoms with Gasteiger partial charge in [-0.25, -0.2) is 4.79 Å². The van der Waals surface area contributed by atoms with Crippen LogP contribution in [-0.2, 0) is 13.6 Å². The molecule has 1 aromatic carbocycles. The molecule has 1 N–H and O–H groups in total. The third kappa shape index (κ3) is 2.96. The molecule has 1 heterocycles. The van der Waals surface area contributed by atoms with Gasteiger partial charge in [-0.2, -0.15) is 0 Å². The molecule has 0 spiro atoms. The van der Waals surface area contributed by atoms with Crippen LogP contribution in [0.15, 0.2) is 35.4 Å². The molecular weight excluding hydrogens is 238 g/mol. The Bertz CT molecular complexity index is 604. The van der Waals surface area contributed by atoms with Crippen LogP contribution in [0.1, 0.15) is 22.7 Å². The van der Waals surface area contributed by atoms with E-state index in [2.05, 4.69) is 37.4 Å². The van der Waals surface area contributed by atoms with Crippen molar-refractivity contribution in [3.05, 3.63) is 57.8 Å². The van der Waals surface area contributed by atoms with Crippen LogP contribution in [0.3, 0.4) is 0 Å². The summed E-state index contributed by atoms with van der Waals surface area (Å²) >= 11 is 0. The lowest BCUT2D eigenvalue weighted by Crippen LogP contribution is -2.29. The predicted molar refractivity (Wildman–Crippen MR) is 77.4 cm³/mol. The second-order valence-electron chi connectivity index (χ2n) is 5.11. The normalized spacial score (nSPS) is 12.6. The van der Waals surface area contributed by atoms with Gasteiger partial charge in [0.15, 0.2) is 0 Å². The number of benzene rings is 1. The van der Waals surface area contributed by atoms with Crippen molar-refractivity contribution in [1.29, 1.82) is 0 Å². The molecule has 1 unspecified atom stereocenters. The molecule has 2 rings (SSSR count). The molecule has 102 valence electrons. The topological polar surface area (TPSA) is 39.0 Å². The van der Waals surface area contributed by atoms with Crippen molar-refractivity contribution in [2.75, 3.05) is 7.05 Å². The molecule has 4 nitrogen and oxygen atoms in total. The van der Waals surface area contributed by atoms with E-state index in [0.29, 0.717) is 6.54 Å². The third-order valence-corrected chi connectivity index (χ3v) is 3.39. The van der Waals surface area contributed by atoms with Gasteiger partial charge < -0.3 is 9.88 Å². The summed E-state index contributed by atoms with van der Waals surface area (Å²) in [5.41, 5.74) is 3.73. The highest BCUT2D eigenvalue weighted by atomic mass is 16.1. The maximum absolute atomic E-state index is 11.9. The van der Waals surface area contributed by atoms with Crippen LogP contribution >= 0.6 is 0 Å². The highest BCUT2D eigenvalue weighted by Crippen LogP contribution is 2.18. The molecule has 0 fully saturated rings. The summed E-state index contributed by atoms with van der Waals surface area (Å²) < 4.78 is 3.33. The van der Waals surface area contributed by atoms with Gasteiger partial charge in [-0.1, -0.05) is 29.3 Å². The van der Waals surface area contributed by atoms with Gasteiger partial charge in [0.2, 0.25) is 0 Å². The van der Waals surface area contributed by atoms with Gasteiger partial charge in [0, 0.05) is 26.0 Å². The number of hydrogen-bond donors (Lipinski definition) is 1. The third-order valence-electron chi connectivity index (χ3n) is 3.39. The van der Waals surface area contributed by atoms with Crippen LogP contribution in [-0.4, -0.2) is 16.2 Å². The van der Waals surface area contributed by atoms with Gasteiger partial charge in [-0.3, -0.25) is 4.57 Å². The first-order valence-corrected chi connectivity index (χ1v) is 6.48. The molecule has 4 heteroatoms. The van der Waals surface area contributed by atoms with E-state index in [1.54, 1.807) is 22.4 Å². The second-order valence-corrected chi connectivity index (χ2v) is 5.11. The van der Waals surface area contributed by atoms with Crippen LogP contribution in [0.2, 0.25) is 0 Å². The van der Waals surface area contributed by atoms with E-state index in [1.165, 1.54) is 16.7 Å². The number of aromatic nitrogens is 2. The first kappa shape index (κ1) is 13.6. The number of nitrogens with one attached hydrogen (secondary N) is 1. The predicted octanol–water partition coefficient (Wildman–Crippen LogP) is 1.76. The van der Waals surface area contributed by atoms with E-state index in [9.17, 15) is 4.79 Å². The molecular formula is C15H21N3O. The Kier molecular flexibility index (Phi) is 3.90. The summed E-state index contributed by atoms with van der Waals surface area (Å²) in [6.45, 7) is 4.83. The van der Waals surface area contributed by atoms with Crippen molar-refractivity contribution in [3.8, 4) is 0 Å². The van der Waals surface area contributed by atoms with Crippen molar-refractivity contribution in [3.63, 3.8) is 0 Å². The average Bonchev–Trinajstić information content (AvgIpc) is 2.66. The Morgan fingerprint density at radius 3 is 2.26 bits per heavy atom. The van der Waals surface area contributed by atoms with E-state index in [4.69, 9.17) is 0 Å². The van der Waals surface area contributed by atoms with Crippen LogP contribution in [0.4, 0.5) is 0 Å². The number of imidazole rings is 1. The van der Waals surface area contributed by atoms with Crippen molar-refractivity contribution in [1.82, 2.24) is 14.5 Å². The number of hydrogen-bond acceptors (Lipinski definition) is 2. The molecule has 0 amide bonds. The van der Waals surface area contributed by atoms with Crippen molar-refractivity contribution in [2.24, 2.45) is 7.05 Å². The van der Waals surface area contributed by atoms with Crippen molar-refractivity contribution in [2.45, 2.75) is 26.4 Å². The first-order chi connectivity index (χ1) is 9.01. The number of nitrogens with zero attached hydrogens (tertiary/aromatic N) is 2. The molecule has 0 radical (unpaired) electrons. The maximum Gasteiger partial charge on any atom is 0.327 e. The fraction of sp³-hybridized carbons (Fsp3) is 0.400. The van der Waals surface area contributed by atoms with Crippen LogP contribution < -0.4 is 11.0 Å². The molecule has 0 saturated carbocycles. The summed E-state index contributed by atoms with van der Waals surface area (Å²) in [7, 11) is 3.69. The van der Waals surface area contributed by atoms with E-state index in [0.717, 1.165) is 0 Å². The summed E-state index contributed by atoms with van der Waals surface area (Å²) in [4.78, 5) is 11.9. The SMILES string of the molecule is CNC(Cn1ccn(C)c1=O)c1cc(C)cc(C)c1. The number of likely N-dealkylation sites (N-methyl/N-ethyl adjacent to an activating group) is 1. The van der Waals surface area contributed by atoms with Crippen molar-refractivity contribution < 1.29 is 0 Å². The summed E-state index contributed by atoms with van der Waals surface area (Å²) in [5, 5.41) is 3.29. The molecule has 2 aromatic rings. The zero-order valence-corrected chi connectivity index (χ0v) is 12.0. The largest absolute Gasteiger partial charge is 0.327 e. The second kappa shape index (κ2) is 5.45. The molecule has 0 saturated heterocycles. The molecule has 0 bridgehead atoms. The number of rotatable bonds is 4. The molecule has 1 atom stereocenters. The molecule has 0 aliphatic rings. The minimum atomic E-state index is 0.0182. The fourth-order valence-electron chi connectivity index (χ4n) is 2.42. The van der Waals surface area contributed by atoms with E-state index in [-0.39, 0.29) is 11.7 Å². The highest BCUT2D eigenvalue weighted by molar-refractivity contribution is 5.30. The quantitative estimate of drug-likeness (QED) is 0.909. The van der Waals surface area contributed by atoms with Gasteiger partial charge in [0.1, 0.15) is 0 Å². The molecule has 19 heavy (non-hydrogen) atoms. The Hall–Kier alpha value is -1.81. The lowest BCUT2D eigenvalue weighted by Gasteiger charge is -2.18. The zero-order valence-electron chi connectivity index (χ0n) is 12.0. The Labute approximate surface area is 113 Å². The van der Waals surface area contributed by atoms with Crippen LogP contribution in [0.5, 0.6) is 0 Å². The molecule has 1 aromatic heterocycles. The minimum Gasteiger partial charge on any atom is -0.312 e.